The van der Waals surface area contributed by atoms with Gasteiger partial charge in [-0.1, -0.05) is 18.2 Å². The van der Waals surface area contributed by atoms with Gasteiger partial charge < -0.3 is 14.5 Å². The predicted molar refractivity (Wildman–Crippen MR) is 83.4 cm³/mol. The summed E-state index contributed by atoms with van der Waals surface area (Å²) in [5.41, 5.74) is -0.451. The van der Waals surface area contributed by atoms with E-state index in [9.17, 15) is 14.0 Å². The monoisotopic (exact) mass is 313 g/mol. The minimum atomic E-state index is -0.795. The third-order valence-corrected chi connectivity index (χ3v) is 3.27. The largest absolute Gasteiger partial charge is 0.493 e. The molecule has 1 heterocycles. The summed E-state index contributed by atoms with van der Waals surface area (Å²) in [6, 6.07) is 11.9. The molecule has 23 heavy (non-hydrogen) atoms. The second kappa shape index (κ2) is 5.92. The van der Waals surface area contributed by atoms with Crippen molar-refractivity contribution in [1.29, 1.82) is 0 Å². The molecule has 1 amide bonds. The maximum atomic E-state index is 13.1. The first kappa shape index (κ1) is 14.8. The number of carbonyl (C=O) groups is 1. The van der Waals surface area contributed by atoms with Gasteiger partial charge in [0.2, 0.25) is 0 Å². The third-order valence-electron chi connectivity index (χ3n) is 3.27. The van der Waals surface area contributed by atoms with Crippen LogP contribution < -0.4 is 15.7 Å². The Bertz CT molecular complexity index is 949. The maximum Gasteiger partial charge on any atom is 0.349 e. The third kappa shape index (κ3) is 2.91. The van der Waals surface area contributed by atoms with Crippen LogP contribution in [0, 0.1) is 5.82 Å². The molecule has 0 atom stereocenters. The Morgan fingerprint density at radius 3 is 2.70 bits per heavy atom. The van der Waals surface area contributed by atoms with Crippen LogP contribution in [-0.4, -0.2) is 13.0 Å². The number of amides is 1. The standard InChI is InChI=1S/C17H12FNO4/c1-22-14-7-2-4-10-8-13(17(21)23-15(10)14)16(20)19-12-6-3-5-11(18)9-12/h2-9H,1H3,(H,19,20). The SMILES string of the molecule is COc1cccc2cc(C(=O)Nc3cccc(F)c3)c(=O)oc12. The fourth-order valence-electron chi connectivity index (χ4n) is 2.20. The van der Waals surface area contributed by atoms with E-state index in [0.29, 0.717) is 11.1 Å². The highest BCUT2D eigenvalue weighted by Crippen LogP contribution is 2.24. The Kier molecular flexibility index (Phi) is 3.80. The summed E-state index contributed by atoms with van der Waals surface area (Å²) in [6.07, 6.45) is 0. The fourth-order valence-corrected chi connectivity index (χ4v) is 2.20. The van der Waals surface area contributed by atoms with E-state index in [4.69, 9.17) is 9.15 Å². The van der Waals surface area contributed by atoms with Crippen LogP contribution >= 0.6 is 0 Å². The number of hydrogen-bond donors (Lipinski definition) is 1. The molecule has 0 aliphatic heterocycles. The van der Waals surface area contributed by atoms with Crippen LogP contribution in [0.1, 0.15) is 10.4 Å². The van der Waals surface area contributed by atoms with Crippen molar-refractivity contribution < 1.29 is 18.3 Å². The predicted octanol–water partition coefficient (Wildman–Crippen LogP) is 3.19. The molecule has 0 saturated heterocycles. The molecule has 0 aliphatic rings. The molecule has 0 radical (unpaired) electrons. The molecule has 1 N–H and O–H groups in total. The lowest BCUT2D eigenvalue weighted by molar-refractivity contribution is 0.102. The van der Waals surface area contributed by atoms with Crippen LogP contribution in [0.2, 0.25) is 0 Å². The quantitative estimate of drug-likeness (QED) is 0.754. The number of fused-ring (bicyclic) bond motifs is 1. The highest BCUT2D eigenvalue weighted by atomic mass is 19.1. The van der Waals surface area contributed by atoms with Crippen molar-refractivity contribution >= 4 is 22.6 Å². The number of para-hydroxylation sites is 1. The zero-order valence-corrected chi connectivity index (χ0v) is 12.1. The van der Waals surface area contributed by atoms with Crippen molar-refractivity contribution in [2.24, 2.45) is 0 Å². The minimum absolute atomic E-state index is 0.171. The second-order valence-electron chi connectivity index (χ2n) is 4.79. The highest BCUT2D eigenvalue weighted by Gasteiger charge is 2.15. The van der Waals surface area contributed by atoms with Crippen LogP contribution in [-0.2, 0) is 0 Å². The van der Waals surface area contributed by atoms with Crippen molar-refractivity contribution in [1.82, 2.24) is 0 Å². The summed E-state index contributed by atoms with van der Waals surface area (Å²) in [7, 11) is 1.46. The minimum Gasteiger partial charge on any atom is -0.493 e. The number of methoxy groups -OCH3 is 1. The van der Waals surface area contributed by atoms with Crippen molar-refractivity contribution in [2.45, 2.75) is 0 Å². The molecular formula is C17H12FNO4. The first-order valence-electron chi connectivity index (χ1n) is 6.76. The summed E-state index contributed by atoms with van der Waals surface area (Å²) in [6.45, 7) is 0. The lowest BCUT2D eigenvalue weighted by atomic mass is 10.1. The van der Waals surface area contributed by atoms with E-state index in [2.05, 4.69) is 5.32 Å². The molecule has 2 aromatic carbocycles. The number of hydrogen-bond acceptors (Lipinski definition) is 4. The van der Waals surface area contributed by atoms with Gasteiger partial charge in [-0.2, -0.15) is 0 Å². The van der Waals surface area contributed by atoms with Crippen LogP contribution in [0.25, 0.3) is 11.0 Å². The molecule has 5 nitrogen and oxygen atoms in total. The number of halogens is 1. The Hall–Kier alpha value is -3.15. The van der Waals surface area contributed by atoms with Gasteiger partial charge in [0.15, 0.2) is 11.3 Å². The molecule has 0 aliphatic carbocycles. The van der Waals surface area contributed by atoms with Crippen molar-refractivity contribution in [3.8, 4) is 5.75 Å². The van der Waals surface area contributed by atoms with Gasteiger partial charge in [0.1, 0.15) is 11.4 Å². The van der Waals surface area contributed by atoms with Crippen molar-refractivity contribution in [3.05, 3.63) is 70.3 Å². The van der Waals surface area contributed by atoms with Crippen molar-refractivity contribution in [3.63, 3.8) is 0 Å². The zero-order valence-electron chi connectivity index (χ0n) is 12.1. The van der Waals surface area contributed by atoms with Gasteiger partial charge in [-0.15, -0.1) is 0 Å². The van der Waals surface area contributed by atoms with Crippen molar-refractivity contribution in [2.75, 3.05) is 12.4 Å². The lowest BCUT2D eigenvalue weighted by Crippen LogP contribution is -2.20. The van der Waals surface area contributed by atoms with E-state index >= 15 is 0 Å². The summed E-state index contributed by atoms with van der Waals surface area (Å²) < 4.78 is 23.4. The molecule has 3 rings (SSSR count). The van der Waals surface area contributed by atoms with E-state index < -0.39 is 17.3 Å². The summed E-state index contributed by atoms with van der Waals surface area (Å²) in [4.78, 5) is 24.3. The molecule has 0 unspecified atom stereocenters. The van der Waals surface area contributed by atoms with Crippen LogP contribution in [0.15, 0.2) is 57.7 Å². The van der Waals surface area contributed by atoms with Crippen LogP contribution in [0.3, 0.4) is 0 Å². The van der Waals surface area contributed by atoms with Gasteiger partial charge in [0.05, 0.1) is 7.11 Å². The summed E-state index contributed by atoms with van der Waals surface area (Å²) in [5.74, 6) is -0.760. The van der Waals surface area contributed by atoms with E-state index in [1.165, 1.54) is 31.4 Å². The van der Waals surface area contributed by atoms with Gasteiger partial charge in [0.25, 0.3) is 5.91 Å². The fraction of sp³-hybridized carbons (Fsp3) is 0.0588. The molecular weight excluding hydrogens is 301 g/mol. The van der Waals surface area contributed by atoms with Crippen LogP contribution in [0.4, 0.5) is 10.1 Å². The van der Waals surface area contributed by atoms with Gasteiger partial charge in [0, 0.05) is 11.1 Å². The van der Waals surface area contributed by atoms with E-state index in [1.807, 2.05) is 0 Å². The number of anilines is 1. The normalized spacial score (nSPS) is 10.5. The number of nitrogens with one attached hydrogen (secondary N) is 1. The highest BCUT2D eigenvalue weighted by molar-refractivity contribution is 6.05. The van der Waals surface area contributed by atoms with Gasteiger partial charge in [-0.25, -0.2) is 9.18 Å². The van der Waals surface area contributed by atoms with E-state index in [0.717, 1.165) is 6.07 Å². The molecule has 6 heteroatoms. The molecule has 0 bridgehead atoms. The Morgan fingerprint density at radius 2 is 1.96 bits per heavy atom. The Morgan fingerprint density at radius 1 is 1.17 bits per heavy atom. The molecule has 3 aromatic rings. The smallest absolute Gasteiger partial charge is 0.349 e. The first-order chi connectivity index (χ1) is 11.1. The molecule has 0 saturated carbocycles. The Balaban J connectivity index is 2.01. The zero-order chi connectivity index (χ0) is 16.4. The number of benzene rings is 2. The maximum absolute atomic E-state index is 13.1. The summed E-state index contributed by atoms with van der Waals surface area (Å²) >= 11 is 0. The summed E-state index contributed by atoms with van der Waals surface area (Å²) in [5, 5.41) is 3.01. The topological polar surface area (TPSA) is 68.5 Å². The van der Waals surface area contributed by atoms with Crippen LogP contribution in [0.5, 0.6) is 5.75 Å². The van der Waals surface area contributed by atoms with Gasteiger partial charge in [-0.3, -0.25) is 4.79 Å². The van der Waals surface area contributed by atoms with Gasteiger partial charge in [-0.05, 0) is 30.3 Å². The average molecular weight is 313 g/mol. The average Bonchev–Trinajstić information content (AvgIpc) is 2.53. The van der Waals surface area contributed by atoms with E-state index in [1.54, 1.807) is 18.2 Å². The Labute approximate surface area is 130 Å². The first-order valence-corrected chi connectivity index (χ1v) is 6.76. The lowest BCUT2D eigenvalue weighted by Gasteiger charge is -2.07. The molecule has 0 spiro atoms. The van der Waals surface area contributed by atoms with E-state index in [-0.39, 0.29) is 16.8 Å². The second-order valence-corrected chi connectivity index (χ2v) is 4.79. The number of ether oxygens (including phenoxy) is 1. The number of carbonyl (C=O) groups excluding carboxylic acids is 1. The molecule has 116 valence electrons. The molecule has 1 aromatic heterocycles. The number of rotatable bonds is 3. The molecule has 0 fully saturated rings. The van der Waals surface area contributed by atoms with Gasteiger partial charge >= 0.3 is 5.63 Å².